The Hall–Kier alpha value is -0.760. The second-order valence-electron chi connectivity index (χ2n) is 2.00. The maximum atomic E-state index is 5.46. The summed E-state index contributed by atoms with van der Waals surface area (Å²) in [5.74, 6) is 5.46. The Morgan fingerprint density at radius 1 is 1.25 bits per heavy atom. The van der Waals surface area contributed by atoms with Gasteiger partial charge in [0.2, 0.25) is 0 Å². The summed E-state index contributed by atoms with van der Waals surface area (Å²) in [4.78, 5) is 0. The van der Waals surface area contributed by atoms with Crippen molar-refractivity contribution < 1.29 is 0 Å². The van der Waals surface area contributed by atoms with Crippen LogP contribution in [0.25, 0.3) is 0 Å². The zero-order valence-electron chi connectivity index (χ0n) is 4.85. The zero-order chi connectivity index (χ0) is 6.15. The summed E-state index contributed by atoms with van der Waals surface area (Å²) in [5, 5.41) is 1.56. The Morgan fingerprint density at radius 3 is 1.75 bits per heavy atom. The molecular weight excluding hydrogens is 100 g/mol. The minimum atomic E-state index is 0.968. The van der Waals surface area contributed by atoms with Crippen LogP contribution < -0.4 is 5.84 Å². The van der Waals surface area contributed by atoms with Gasteiger partial charge in [-0.05, 0) is 12.8 Å². The van der Waals surface area contributed by atoms with E-state index in [2.05, 4.69) is 13.2 Å². The largest absolute Gasteiger partial charge is 0.289 e. The van der Waals surface area contributed by atoms with E-state index >= 15 is 0 Å². The van der Waals surface area contributed by atoms with Crippen LogP contribution in [0, 0.1) is 0 Å². The van der Waals surface area contributed by atoms with Gasteiger partial charge >= 0.3 is 0 Å². The topological polar surface area (TPSA) is 29.3 Å². The Kier molecular flexibility index (Phi) is 1.10. The molecule has 0 bridgehead atoms. The molecule has 0 aromatic rings. The SMILES string of the molecule is C=C1CCC(=C)N1N. The van der Waals surface area contributed by atoms with Crippen molar-refractivity contribution in [1.29, 1.82) is 0 Å². The van der Waals surface area contributed by atoms with Gasteiger partial charge in [0.05, 0.1) is 0 Å². The minimum absolute atomic E-state index is 0.968. The Balaban J connectivity index is 2.70. The maximum Gasteiger partial charge on any atom is 0.0277 e. The second-order valence-corrected chi connectivity index (χ2v) is 2.00. The smallest absolute Gasteiger partial charge is 0.0277 e. The van der Waals surface area contributed by atoms with Gasteiger partial charge in [-0.2, -0.15) is 0 Å². The van der Waals surface area contributed by atoms with E-state index in [-0.39, 0.29) is 0 Å². The van der Waals surface area contributed by atoms with Gasteiger partial charge in [-0.1, -0.05) is 13.2 Å². The quantitative estimate of drug-likeness (QED) is 0.471. The highest BCUT2D eigenvalue weighted by Gasteiger charge is 2.14. The molecule has 1 aliphatic rings. The lowest BCUT2D eigenvalue weighted by molar-refractivity contribution is 0.487. The molecule has 0 aliphatic carbocycles. The number of hydrogen-bond donors (Lipinski definition) is 1. The van der Waals surface area contributed by atoms with Crippen molar-refractivity contribution in [3.63, 3.8) is 0 Å². The van der Waals surface area contributed by atoms with Crippen molar-refractivity contribution >= 4 is 0 Å². The highest BCUT2D eigenvalue weighted by atomic mass is 15.4. The average Bonchev–Trinajstić information content (AvgIpc) is 1.98. The predicted molar refractivity (Wildman–Crippen MR) is 33.5 cm³/mol. The van der Waals surface area contributed by atoms with Gasteiger partial charge in [0.25, 0.3) is 0 Å². The van der Waals surface area contributed by atoms with Crippen LogP contribution in [0.15, 0.2) is 24.6 Å². The molecule has 2 heteroatoms. The third kappa shape index (κ3) is 0.629. The molecular formula is C6H10N2. The molecule has 0 saturated carbocycles. The molecule has 0 atom stereocenters. The highest BCUT2D eigenvalue weighted by Crippen LogP contribution is 2.22. The maximum absolute atomic E-state index is 5.46. The summed E-state index contributed by atoms with van der Waals surface area (Å²) in [6.45, 7) is 7.45. The molecule has 1 rings (SSSR count). The van der Waals surface area contributed by atoms with Crippen LogP contribution in [-0.4, -0.2) is 5.01 Å². The van der Waals surface area contributed by atoms with Gasteiger partial charge in [-0.15, -0.1) is 0 Å². The first kappa shape index (κ1) is 5.38. The van der Waals surface area contributed by atoms with E-state index in [0.29, 0.717) is 0 Å². The minimum Gasteiger partial charge on any atom is -0.289 e. The Labute approximate surface area is 49.2 Å². The number of nitrogens with two attached hydrogens (primary N) is 1. The van der Waals surface area contributed by atoms with Crippen LogP contribution in [-0.2, 0) is 0 Å². The summed E-state index contributed by atoms with van der Waals surface area (Å²) >= 11 is 0. The molecule has 1 saturated heterocycles. The van der Waals surface area contributed by atoms with Crippen LogP contribution in [0.2, 0.25) is 0 Å². The van der Waals surface area contributed by atoms with E-state index < -0.39 is 0 Å². The normalized spacial score (nSPS) is 20.4. The van der Waals surface area contributed by atoms with Crippen molar-refractivity contribution in [3.8, 4) is 0 Å². The molecule has 0 amide bonds. The van der Waals surface area contributed by atoms with Crippen molar-refractivity contribution in [1.82, 2.24) is 5.01 Å². The first-order valence-corrected chi connectivity index (χ1v) is 2.62. The summed E-state index contributed by atoms with van der Waals surface area (Å²) in [6.07, 6.45) is 1.94. The summed E-state index contributed by atoms with van der Waals surface area (Å²) in [7, 11) is 0. The number of rotatable bonds is 0. The molecule has 2 N–H and O–H groups in total. The molecule has 0 aromatic carbocycles. The molecule has 8 heavy (non-hydrogen) atoms. The van der Waals surface area contributed by atoms with Crippen molar-refractivity contribution in [2.75, 3.05) is 0 Å². The molecule has 0 spiro atoms. The third-order valence-corrected chi connectivity index (χ3v) is 1.38. The van der Waals surface area contributed by atoms with Gasteiger partial charge in [0.1, 0.15) is 0 Å². The first-order chi connectivity index (χ1) is 3.72. The van der Waals surface area contributed by atoms with Crippen LogP contribution in [0.3, 0.4) is 0 Å². The highest BCUT2D eigenvalue weighted by molar-refractivity contribution is 5.13. The summed E-state index contributed by atoms with van der Waals surface area (Å²) in [6, 6.07) is 0. The number of allylic oxidation sites excluding steroid dienone is 2. The van der Waals surface area contributed by atoms with Crippen molar-refractivity contribution in [2.24, 2.45) is 5.84 Å². The van der Waals surface area contributed by atoms with E-state index in [1.807, 2.05) is 0 Å². The zero-order valence-corrected chi connectivity index (χ0v) is 4.85. The third-order valence-electron chi connectivity index (χ3n) is 1.38. The fourth-order valence-corrected chi connectivity index (χ4v) is 0.753. The fourth-order valence-electron chi connectivity index (χ4n) is 0.753. The Morgan fingerprint density at radius 2 is 1.62 bits per heavy atom. The predicted octanol–water partition coefficient (Wildman–Crippen LogP) is 0.983. The standard InChI is InChI=1S/C6H10N2/c1-5-3-4-6(2)8(5)7/h1-4,7H2. The monoisotopic (exact) mass is 110 g/mol. The van der Waals surface area contributed by atoms with Crippen LogP contribution >= 0.6 is 0 Å². The van der Waals surface area contributed by atoms with Gasteiger partial charge < -0.3 is 0 Å². The van der Waals surface area contributed by atoms with Crippen molar-refractivity contribution in [3.05, 3.63) is 24.6 Å². The summed E-state index contributed by atoms with van der Waals surface area (Å²) in [5.41, 5.74) is 1.94. The molecule has 1 aliphatic heterocycles. The first-order valence-electron chi connectivity index (χ1n) is 2.62. The van der Waals surface area contributed by atoms with E-state index in [9.17, 15) is 0 Å². The molecule has 44 valence electrons. The molecule has 0 unspecified atom stereocenters. The van der Waals surface area contributed by atoms with Gasteiger partial charge in [0, 0.05) is 11.4 Å². The van der Waals surface area contributed by atoms with E-state index in [1.165, 1.54) is 0 Å². The average molecular weight is 110 g/mol. The lowest BCUT2D eigenvalue weighted by Crippen LogP contribution is -2.22. The molecule has 0 aromatic heterocycles. The molecule has 1 heterocycles. The van der Waals surface area contributed by atoms with E-state index in [0.717, 1.165) is 24.2 Å². The summed E-state index contributed by atoms with van der Waals surface area (Å²) < 4.78 is 0. The van der Waals surface area contributed by atoms with Crippen LogP contribution in [0.1, 0.15) is 12.8 Å². The van der Waals surface area contributed by atoms with Gasteiger partial charge in [-0.25, -0.2) is 5.84 Å². The molecule has 1 fully saturated rings. The number of hydrazine groups is 1. The lowest BCUT2D eigenvalue weighted by atomic mass is 10.3. The number of hydrogen-bond acceptors (Lipinski definition) is 2. The fraction of sp³-hybridized carbons (Fsp3) is 0.333. The lowest BCUT2D eigenvalue weighted by Gasteiger charge is -2.10. The molecule has 0 radical (unpaired) electrons. The Bertz CT molecular complexity index is 121. The van der Waals surface area contributed by atoms with E-state index in [1.54, 1.807) is 5.01 Å². The van der Waals surface area contributed by atoms with Crippen LogP contribution in [0.4, 0.5) is 0 Å². The van der Waals surface area contributed by atoms with Gasteiger partial charge in [0.15, 0.2) is 0 Å². The number of nitrogens with zero attached hydrogens (tertiary/aromatic N) is 1. The van der Waals surface area contributed by atoms with E-state index in [4.69, 9.17) is 5.84 Å². The van der Waals surface area contributed by atoms with Gasteiger partial charge in [-0.3, -0.25) is 5.01 Å². The molecule has 2 nitrogen and oxygen atoms in total. The second kappa shape index (κ2) is 1.63. The van der Waals surface area contributed by atoms with Crippen molar-refractivity contribution in [2.45, 2.75) is 12.8 Å². The van der Waals surface area contributed by atoms with Crippen LogP contribution in [0.5, 0.6) is 0 Å².